The van der Waals surface area contributed by atoms with Gasteiger partial charge in [-0.25, -0.2) is 0 Å². The van der Waals surface area contributed by atoms with E-state index in [2.05, 4.69) is 111 Å². The van der Waals surface area contributed by atoms with Crippen LogP contribution in [0.4, 0.5) is 5.69 Å². The van der Waals surface area contributed by atoms with E-state index in [0.717, 1.165) is 12.1 Å². The molecule has 2 aliphatic rings. The van der Waals surface area contributed by atoms with Crippen LogP contribution in [0.3, 0.4) is 0 Å². The number of fused-ring (bicyclic) bond motifs is 7. The van der Waals surface area contributed by atoms with Crippen LogP contribution in [0.15, 0.2) is 121 Å². The van der Waals surface area contributed by atoms with E-state index < -0.39 is 0 Å². The van der Waals surface area contributed by atoms with Crippen LogP contribution in [0.2, 0.25) is 0 Å². The Morgan fingerprint density at radius 1 is 0.765 bits per heavy atom. The molecule has 34 heavy (non-hydrogen) atoms. The third kappa shape index (κ3) is 2.67. The molecule has 1 unspecified atom stereocenters. The Morgan fingerprint density at radius 2 is 1.44 bits per heavy atom. The number of benzene rings is 4. The average molecular weight is 438 g/mol. The molecule has 4 aromatic rings. The van der Waals surface area contributed by atoms with Crippen molar-refractivity contribution >= 4 is 11.3 Å². The van der Waals surface area contributed by atoms with Gasteiger partial charge in [0.2, 0.25) is 0 Å². The molecule has 1 heteroatoms. The van der Waals surface area contributed by atoms with E-state index in [4.69, 9.17) is 5.73 Å². The predicted molar refractivity (Wildman–Crippen MR) is 144 cm³/mol. The minimum Gasteiger partial charge on any atom is -0.398 e. The van der Waals surface area contributed by atoms with Gasteiger partial charge in [-0.3, -0.25) is 0 Å². The van der Waals surface area contributed by atoms with Gasteiger partial charge in [0.05, 0.1) is 5.41 Å². The van der Waals surface area contributed by atoms with Gasteiger partial charge >= 0.3 is 0 Å². The van der Waals surface area contributed by atoms with E-state index in [1.807, 2.05) is 12.1 Å². The molecule has 1 spiro atoms. The Balaban J connectivity index is 1.73. The second kappa shape index (κ2) is 7.74. The first-order chi connectivity index (χ1) is 16.7. The third-order valence-corrected chi connectivity index (χ3v) is 7.48. The zero-order chi connectivity index (χ0) is 23.3. The van der Waals surface area contributed by atoms with Gasteiger partial charge in [0, 0.05) is 11.3 Å². The molecule has 4 aromatic carbocycles. The van der Waals surface area contributed by atoms with Crippen molar-refractivity contribution in [2.45, 2.75) is 18.8 Å². The number of anilines is 1. The summed E-state index contributed by atoms with van der Waals surface area (Å²) in [6.07, 6.45) is 7.04. The largest absolute Gasteiger partial charge is 0.398 e. The van der Waals surface area contributed by atoms with Gasteiger partial charge < -0.3 is 5.73 Å². The smallest absolute Gasteiger partial charge is 0.0723 e. The first kappa shape index (κ1) is 20.5. The quantitative estimate of drug-likeness (QED) is 0.257. The Morgan fingerprint density at radius 3 is 2.24 bits per heavy atom. The van der Waals surface area contributed by atoms with Crippen LogP contribution in [0.25, 0.3) is 16.7 Å². The lowest BCUT2D eigenvalue weighted by Crippen LogP contribution is -2.26. The minimum absolute atomic E-state index is 0.382. The number of nitrogen functional groups attached to an aromatic ring is 1. The number of hydrogen-bond acceptors (Lipinski definition) is 1. The highest BCUT2D eigenvalue weighted by atomic mass is 14.6. The normalized spacial score (nSPS) is 17.8. The van der Waals surface area contributed by atoms with Crippen molar-refractivity contribution in [1.82, 2.24) is 0 Å². The first-order valence-corrected chi connectivity index (χ1v) is 11.8. The summed E-state index contributed by atoms with van der Waals surface area (Å²) in [7, 11) is 0. The molecule has 0 aliphatic heterocycles. The first-order valence-electron chi connectivity index (χ1n) is 11.8. The van der Waals surface area contributed by atoms with Gasteiger partial charge in [0.15, 0.2) is 0 Å². The molecule has 0 heterocycles. The number of rotatable bonds is 4. The molecular weight excluding hydrogens is 410 g/mol. The fraction of sp³-hybridized carbons (Fsp3) is 0.0909. The average Bonchev–Trinajstić information content (AvgIpc) is 3.31. The highest BCUT2D eigenvalue weighted by Gasteiger charge is 2.52. The molecule has 2 N–H and O–H groups in total. The molecule has 0 bridgehead atoms. The number of allylic oxidation sites excluding steroid dienone is 5. The van der Waals surface area contributed by atoms with Crippen LogP contribution in [-0.4, -0.2) is 0 Å². The van der Waals surface area contributed by atoms with E-state index in [1.54, 1.807) is 0 Å². The van der Waals surface area contributed by atoms with Crippen molar-refractivity contribution in [3.05, 3.63) is 155 Å². The van der Waals surface area contributed by atoms with Crippen LogP contribution >= 0.6 is 0 Å². The predicted octanol–water partition coefficient (Wildman–Crippen LogP) is 7.70. The molecule has 1 atom stereocenters. The standard InChI is InChI=1S/C33H27N/c1-3-4-16-26-22(2)25-15-8-9-17-27(25)33(26)28-18-10-14-24(21-23-12-6-5-7-13-23)31(28)32-29(33)19-11-20-30(32)34/h3-20H,1,21,34H2,2H3/b16-4-. The molecule has 0 saturated heterocycles. The summed E-state index contributed by atoms with van der Waals surface area (Å²) >= 11 is 0. The fourth-order valence-electron chi connectivity index (χ4n) is 6.18. The summed E-state index contributed by atoms with van der Waals surface area (Å²) in [5.74, 6) is 0. The summed E-state index contributed by atoms with van der Waals surface area (Å²) in [6, 6.07) is 32.7. The zero-order valence-electron chi connectivity index (χ0n) is 19.4. The second-order valence-electron chi connectivity index (χ2n) is 9.20. The van der Waals surface area contributed by atoms with Crippen LogP contribution in [0, 0.1) is 0 Å². The fourth-order valence-corrected chi connectivity index (χ4v) is 6.18. The van der Waals surface area contributed by atoms with Gasteiger partial charge in [-0.15, -0.1) is 0 Å². The molecule has 0 fully saturated rings. The summed E-state index contributed by atoms with van der Waals surface area (Å²) in [6.45, 7) is 6.19. The van der Waals surface area contributed by atoms with Gasteiger partial charge in [-0.05, 0) is 69.5 Å². The summed E-state index contributed by atoms with van der Waals surface area (Å²) < 4.78 is 0. The Labute approximate surface area is 201 Å². The van der Waals surface area contributed by atoms with E-state index >= 15 is 0 Å². The number of hydrogen-bond donors (Lipinski definition) is 1. The minimum atomic E-state index is -0.382. The molecule has 0 amide bonds. The van der Waals surface area contributed by atoms with Gasteiger partial charge in [0.25, 0.3) is 0 Å². The van der Waals surface area contributed by atoms with E-state index in [-0.39, 0.29) is 5.41 Å². The van der Waals surface area contributed by atoms with Crippen molar-refractivity contribution in [1.29, 1.82) is 0 Å². The second-order valence-corrected chi connectivity index (χ2v) is 9.20. The zero-order valence-corrected chi connectivity index (χ0v) is 19.4. The molecule has 0 radical (unpaired) electrons. The molecule has 6 rings (SSSR count). The molecule has 164 valence electrons. The van der Waals surface area contributed by atoms with Crippen LogP contribution < -0.4 is 5.73 Å². The Bertz CT molecular complexity index is 1500. The highest BCUT2D eigenvalue weighted by molar-refractivity contribution is 5.99. The lowest BCUT2D eigenvalue weighted by molar-refractivity contribution is 0.785. The summed E-state index contributed by atoms with van der Waals surface area (Å²) in [4.78, 5) is 0. The van der Waals surface area contributed by atoms with Gasteiger partial charge in [-0.1, -0.05) is 110 Å². The van der Waals surface area contributed by atoms with Gasteiger partial charge in [0.1, 0.15) is 0 Å². The third-order valence-electron chi connectivity index (χ3n) is 7.48. The van der Waals surface area contributed by atoms with Crippen molar-refractivity contribution in [3.63, 3.8) is 0 Å². The molecule has 0 saturated carbocycles. The maximum absolute atomic E-state index is 6.75. The van der Waals surface area contributed by atoms with Crippen LogP contribution in [0.1, 0.15) is 40.3 Å². The van der Waals surface area contributed by atoms with Crippen molar-refractivity contribution in [3.8, 4) is 11.1 Å². The topological polar surface area (TPSA) is 26.0 Å². The lowest BCUT2D eigenvalue weighted by Gasteiger charge is -2.31. The Hall–Kier alpha value is -4.10. The van der Waals surface area contributed by atoms with Gasteiger partial charge in [-0.2, -0.15) is 0 Å². The van der Waals surface area contributed by atoms with E-state index in [1.165, 1.54) is 55.7 Å². The van der Waals surface area contributed by atoms with Crippen LogP contribution in [-0.2, 0) is 11.8 Å². The maximum atomic E-state index is 6.75. The summed E-state index contributed by atoms with van der Waals surface area (Å²) in [5, 5.41) is 0. The number of nitrogens with two attached hydrogens (primary N) is 1. The maximum Gasteiger partial charge on any atom is 0.0723 e. The van der Waals surface area contributed by atoms with E-state index in [9.17, 15) is 0 Å². The summed E-state index contributed by atoms with van der Waals surface area (Å²) in [5.41, 5.74) is 20.1. The molecule has 2 aliphatic carbocycles. The Kier molecular flexibility index (Phi) is 4.67. The highest BCUT2D eigenvalue weighted by Crippen LogP contribution is 2.63. The molecule has 1 nitrogen and oxygen atoms in total. The van der Waals surface area contributed by atoms with Crippen molar-refractivity contribution in [2.24, 2.45) is 0 Å². The lowest BCUT2D eigenvalue weighted by atomic mass is 9.69. The van der Waals surface area contributed by atoms with E-state index in [0.29, 0.717) is 0 Å². The molecular formula is C33H27N. The van der Waals surface area contributed by atoms with Crippen molar-refractivity contribution < 1.29 is 0 Å². The molecule has 0 aromatic heterocycles. The monoisotopic (exact) mass is 437 g/mol. The SMILES string of the molecule is C=C/C=C\C1=C(C)c2ccccc2C12c1cccc(N)c1-c1c(Cc3ccccc3)cccc12. The van der Waals surface area contributed by atoms with Crippen LogP contribution in [0.5, 0.6) is 0 Å². The van der Waals surface area contributed by atoms with Crippen molar-refractivity contribution in [2.75, 3.05) is 5.73 Å².